The molecule has 0 amide bonds. The average molecular weight is 373 g/mol. The second-order valence-electron chi connectivity index (χ2n) is 7.17. The van der Waals surface area contributed by atoms with Gasteiger partial charge in [-0.25, -0.2) is 0 Å². The Morgan fingerprint density at radius 3 is 2.44 bits per heavy atom. The fourth-order valence-electron chi connectivity index (χ4n) is 3.33. The van der Waals surface area contributed by atoms with Crippen LogP contribution in [0, 0.1) is 17.2 Å². The van der Waals surface area contributed by atoms with Crippen LogP contribution in [0.4, 0.5) is 0 Å². The Kier molecular flexibility index (Phi) is 9.26. The van der Waals surface area contributed by atoms with Gasteiger partial charge in [-0.05, 0) is 43.5 Å². The molecule has 0 spiro atoms. The molecule has 2 rings (SSSR count). The number of carboxylic acid groups (broad SMARTS) is 1. The van der Waals surface area contributed by atoms with Crippen molar-refractivity contribution in [3.63, 3.8) is 0 Å². The van der Waals surface area contributed by atoms with E-state index in [-0.39, 0.29) is 5.92 Å². The topological polar surface area (TPSA) is 76.8 Å². The smallest absolute Gasteiger partial charge is 0.306 e. The summed E-state index contributed by atoms with van der Waals surface area (Å²) in [5.41, 5.74) is 1.72. The summed E-state index contributed by atoms with van der Waals surface area (Å²) < 4.78 is 0. The molecule has 1 fully saturated rings. The number of aliphatic carboxylic acids is 1. The lowest BCUT2D eigenvalue weighted by molar-refractivity contribution is -0.186. The molecule has 1 aromatic carbocycles. The van der Waals surface area contributed by atoms with E-state index in [1.54, 1.807) is 0 Å². The molecule has 0 aliphatic carbocycles. The monoisotopic (exact) mass is 373 g/mol. The number of hydrogen-bond acceptors (Lipinski definition) is 5. The van der Waals surface area contributed by atoms with E-state index < -0.39 is 5.97 Å². The summed E-state index contributed by atoms with van der Waals surface area (Å²) in [4.78, 5) is 19.5. The number of carbonyl (C=O) groups is 1. The molecule has 1 aromatic rings. The molecule has 1 aliphatic rings. The maximum Gasteiger partial charge on any atom is 0.306 e. The van der Waals surface area contributed by atoms with Crippen LogP contribution in [0.15, 0.2) is 24.3 Å². The van der Waals surface area contributed by atoms with Crippen LogP contribution in [0.1, 0.15) is 50.2 Å². The van der Waals surface area contributed by atoms with Crippen molar-refractivity contribution in [3.05, 3.63) is 35.4 Å². The van der Waals surface area contributed by atoms with E-state index >= 15 is 0 Å². The predicted molar refractivity (Wildman–Crippen MR) is 104 cm³/mol. The van der Waals surface area contributed by atoms with Crippen molar-refractivity contribution in [3.8, 4) is 6.07 Å². The molecule has 27 heavy (non-hydrogen) atoms. The largest absolute Gasteiger partial charge is 0.481 e. The second kappa shape index (κ2) is 11.7. The normalized spacial score (nSPS) is 16.7. The fraction of sp³-hybridized carbons (Fsp3) is 0.619. The van der Waals surface area contributed by atoms with Gasteiger partial charge in [0.25, 0.3) is 0 Å². The van der Waals surface area contributed by atoms with Crippen LogP contribution in [0.5, 0.6) is 0 Å². The molecule has 6 heteroatoms. The van der Waals surface area contributed by atoms with E-state index in [2.05, 4.69) is 17.9 Å². The number of nitrogens with zero attached hydrogens (tertiary/aromatic N) is 3. The minimum absolute atomic E-state index is 0.193. The van der Waals surface area contributed by atoms with Gasteiger partial charge in [-0.2, -0.15) is 10.3 Å². The van der Waals surface area contributed by atoms with Crippen LogP contribution in [-0.2, 0) is 16.2 Å². The molecule has 0 radical (unpaired) electrons. The lowest BCUT2D eigenvalue weighted by Gasteiger charge is -2.34. The third-order valence-electron chi connectivity index (χ3n) is 5.11. The molecule has 0 saturated carbocycles. The van der Waals surface area contributed by atoms with E-state index in [0.717, 1.165) is 70.4 Å². The van der Waals surface area contributed by atoms with E-state index in [1.165, 1.54) is 0 Å². The zero-order chi connectivity index (χ0) is 19.5. The Balaban J connectivity index is 1.61. The number of hydroxylamine groups is 2. The maximum atomic E-state index is 11.3. The predicted octanol–water partition coefficient (Wildman–Crippen LogP) is 3.28. The third kappa shape index (κ3) is 7.67. The number of rotatable bonds is 11. The number of benzene rings is 1. The summed E-state index contributed by atoms with van der Waals surface area (Å²) >= 11 is 0. The third-order valence-corrected chi connectivity index (χ3v) is 5.11. The first-order chi connectivity index (χ1) is 13.1. The Morgan fingerprint density at radius 2 is 1.85 bits per heavy atom. The first kappa shape index (κ1) is 21.4. The Hall–Kier alpha value is -1.94. The van der Waals surface area contributed by atoms with Crippen molar-refractivity contribution in [2.75, 3.05) is 32.7 Å². The summed E-state index contributed by atoms with van der Waals surface area (Å²) in [6, 6.07) is 9.57. The molecule has 0 bridgehead atoms. The summed E-state index contributed by atoms with van der Waals surface area (Å²) in [6.07, 6.45) is 4.54. The summed E-state index contributed by atoms with van der Waals surface area (Å²) in [7, 11) is 0. The van der Waals surface area contributed by atoms with E-state index in [0.29, 0.717) is 12.2 Å². The molecule has 1 atom stereocenters. The van der Waals surface area contributed by atoms with Crippen LogP contribution in [0.3, 0.4) is 0 Å². The van der Waals surface area contributed by atoms with E-state index in [1.807, 2.05) is 29.3 Å². The molecule has 0 aromatic heterocycles. The van der Waals surface area contributed by atoms with Gasteiger partial charge in [0.1, 0.15) is 0 Å². The Morgan fingerprint density at radius 1 is 1.19 bits per heavy atom. The van der Waals surface area contributed by atoms with Crippen molar-refractivity contribution in [1.29, 1.82) is 5.26 Å². The first-order valence-corrected chi connectivity index (χ1v) is 9.94. The molecular formula is C21H31N3O3. The zero-order valence-electron chi connectivity index (χ0n) is 16.3. The SMILES string of the molecule is CCCCC(CCCN1CCN(OCc2ccc(C#N)cc2)CC1)C(=O)O. The van der Waals surface area contributed by atoms with E-state index in [4.69, 9.17) is 10.1 Å². The number of nitriles is 1. The van der Waals surface area contributed by atoms with E-state index in [9.17, 15) is 9.90 Å². The molecular weight excluding hydrogens is 342 g/mol. The maximum absolute atomic E-state index is 11.3. The lowest BCUT2D eigenvalue weighted by atomic mass is 9.97. The molecule has 1 N–H and O–H groups in total. The number of piperazine rings is 1. The van der Waals surface area contributed by atoms with Gasteiger partial charge < -0.3 is 10.0 Å². The van der Waals surface area contributed by atoms with Gasteiger partial charge in [0.2, 0.25) is 0 Å². The first-order valence-electron chi connectivity index (χ1n) is 9.94. The number of unbranched alkanes of at least 4 members (excludes halogenated alkanes) is 1. The quantitative estimate of drug-likeness (QED) is 0.641. The molecule has 148 valence electrons. The second-order valence-corrected chi connectivity index (χ2v) is 7.17. The average Bonchev–Trinajstić information content (AvgIpc) is 2.70. The molecule has 1 aliphatic heterocycles. The van der Waals surface area contributed by atoms with Crippen LogP contribution >= 0.6 is 0 Å². The van der Waals surface area contributed by atoms with Crippen LogP contribution in [0.25, 0.3) is 0 Å². The summed E-state index contributed by atoms with van der Waals surface area (Å²) in [5.74, 6) is -0.841. The molecule has 1 unspecified atom stereocenters. The van der Waals surface area contributed by atoms with Crippen LogP contribution in [0.2, 0.25) is 0 Å². The highest BCUT2D eigenvalue weighted by Gasteiger charge is 2.20. The van der Waals surface area contributed by atoms with Gasteiger partial charge in [0, 0.05) is 26.2 Å². The number of carboxylic acids is 1. The highest BCUT2D eigenvalue weighted by molar-refractivity contribution is 5.69. The highest BCUT2D eigenvalue weighted by atomic mass is 16.7. The Labute approximate surface area is 162 Å². The van der Waals surface area contributed by atoms with Gasteiger partial charge in [0.05, 0.1) is 24.2 Å². The standard InChI is InChI=1S/C21H31N3O3/c1-2-3-5-20(21(25)26)6-4-11-23-12-14-24(15-13-23)27-17-19-9-7-18(16-22)8-10-19/h7-10,20H,2-6,11-15,17H2,1H3,(H,25,26). The molecule has 1 heterocycles. The van der Waals surface area contributed by atoms with Crippen LogP contribution in [-0.4, -0.2) is 53.8 Å². The van der Waals surface area contributed by atoms with Crippen molar-refractivity contribution in [1.82, 2.24) is 9.96 Å². The van der Waals surface area contributed by atoms with Gasteiger partial charge in [-0.3, -0.25) is 9.63 Å². The van der Waals surface area contributed by atoms with Crippen molar-refractivity contribution < 1.29 is 14.7 Å². The molecule has 6 nitrogen and oxygen atoms in total. The minimum Gasteiger partial charge on any atom is -0.481 e. The van der Waals surface area contributed by atoms with Crippen molar-refractivity contribution in [2.24, 2.45) is 5.92 Å². The Bertz CT molecular complexity index is 604. The molecule has 1 saturated heterocycles. The zero-order valence-corrected chi connectivity index (χ0v) is 16.3. The number of hydrogen-bond donors (Lipinski definition) is 1. The minimum atomic E-state index is -0.649. The van der Waals surface area contributed by atoms with Gasteiger partial charge in [0.15, 0.2) is 0 Å². The summed E-state index contributed by atoms with van der Waals surface area (Å²) in [5, 5.41) is 20.1. The summed E-state index contributed by atoms with van der Waals surface area (Å²) in [6.45, 7) is 7.17. The van der Waals surface area contributed by atoms with Crippen molar-refractivity contribution in [2.45, 2.75) is 45.6 Å². The van der Waals surface area contributed by atoms with Crippen molar-refractivity contribution >= 4 is 5.97 Å². The highest BCUT2D eigenvalue weighted by Crippen LogP contribution is 2.16. The van der Waals surface area contributed by atoms with Gasteiger partial charge in [-0.15, -0.1) is 0 Å². The lowest BCUT2D eigenvalue weighted by Crippen LogP contribution is -2.46. The van der Waals surface area contributed by atoms with Gasteiger partial charge in [-0.1, -0.05) is 31.9 Å². The van der Waals surface area contributed by atoms with Crippen LogP contribution < -0.4 is 0 Å². The fourth-order valence-corrected chi connectivity index (χ4v) is 3.33. The van der Waals surface area contributed by atoms with Gasteiger partial charge >= 0.3 is 5.97 Å².